The summed E-state index contributed by atoms with van der Waals surface area (Å²) in [7, 11) is -3.71. The van der Waals surface area contributed by atoms with Gasteiger partial charge in [0.2, 0.25) is 0 Å². The first-order valence-electron chi connectivity index (χ1n) is 8.09. The van der Waals surface area contributed by atoms with Gasteiger partial charge in [0.25, 0.3) is 0 Å². The minimum absolute atomic E-state index is 0.169. The number of hydrogen-bond donors (Lipinski definition) is 1. The summed E-state index contributed by atoms with van der Waals surface area (Å²) in [5.41, 5.74) is 1.72. The molecule has 2 aromatic carbocycles. The highest BCUT2D eigenvalue weighted by Gasteiger charge is 2.25. The van der Waals surface area contributed by atoms with Crippen molar-refractivity contribution in [2.75, 3.05) is 11.6 Å². The van der Waals surface area contributed by atoms with E-state index in [0.717, 1.165) is 17.4 Å². The summed E-state index contributed by atoms with van der Waals surface area (Å²) in [4.78, 5) is 14.5. The van der Waals surface area contributed by atoms with Crippen molar-refractivity contribution < 1.29 is 13.3 Å². The Morgan fingerprint density at radius 1 is 1.19 bits per heavy atom. The molecule has 0 amide bonds. The summed E-state index contributed by atoms with van der Waals surface area (Å²) in [6.45, 7) is 0.989. The molecule has 0 aliphatic heterocycles. The number of aromatic nitrogens is 2. The second-order valence-corrected chi connectivity index (χ2v) is 8.07. The van der Waals surface area contributed by atoms with E-state index in [1.54, 1.807) is 12.5 Å². The minimum Gasteiger partial charge on any atom is -0.375 e. The maximum absolute atomic E-state index is 11.8. The summed E-state index contributed by atoms with van der Waals surface area (Å²) in [5, 5.41) is 14.4. The maximum Gasteiger partial charge on any atom is 0.310 e. The molecular formula is C18H18N4O4S. The molecule has 140 valence electrons. The molecule has 8 nitrogen and oxygen atoms in total. The molecule has 0 saturated heterocycles. The number of nitro groups is 1. The van der Waals surface area contributed by atoms with Crippen molar-refractivity contribution in [3.8, 4) is 0 Å². The third kappa shape index (κ3) is 4.50. The van der Waals surface area contributed by atoms with Crippen LogP contribution in [0.2, 0.25) is 0 Å². The van der Waals surface area contributed by atoms with E-state index in [-0.39, 0.29) is 10.6 Å². The zero-order chi connectivity index (χ0) is 19.4. The van der Waals surface area contributed by atoms with Crippen molar-refractivity contribution in [3.63, 3.8) is 0 Å². The Hall–Kier alpha value is -3.20. The van der Waals surface area contributed by atoms with Crippen molar-refractivity contribution >= 4 is 21.2 Å². The minimum atomic E-state index is -3.71. The zero-order valence-corrected chi connectivity index (χ0v) is 15.4. The number of nitrogens with one attached hydrogen (secondary N) is 1. The van der Waals surface area contributed by atoms with E-state index >= 15 is 0 Å². The van der Waals surface area contributed by atoms with E-state index < -0.39 is 20.4 Å². The molecule has 3 rings (SSSR count). The Morgan fingerprint density at radius 3 is 2.59 bits per heavy atom. The van der Waals surface area contributed by atoms with Gasteiger partial charge in [0.1, 0.15) is 10.6 Å². The summed E-state index contributed by atoms with van der Waals surface area (Å²) in [6, 6.07) is 12.0. The number of nitro benzene ring substituents is 1. The van der Waals surface area contributed by atoms with Crippen molar-refractivity contribution in [1.29, 1.82) is 0 Å². The highest BCUT2D eigenvalue weighted by molar-refractivity contribution is 7.90. The van der Waals surface area contributed by atoms with Crippen LogP contribution in [0.15, 0.2) is 66.1 Å². The van der Waals surface area contributed by atoms with E-state index in [4.69, 9.17) is 0 Å². The number of hydrogen-bond acceptors (Lipinski definition) is 6. The van der Waals surface area contributed by atoms with Crippen LogP contribution in [0, 0.1) is 10.1 Å². The summed E-state index contributed by atoms with van der Waals surface area (Å²) >= 11 is 0. The van der Waals surface area contributed by atoms with Crippen LogP contribution in [0.25, 0.3) is 0 Å². The molecular weight excluding hydrogens is 368 g/mol. The molecule has 0 saturated carbocycles. The lowest BCUT2D eigenvalue weighted by atomic mass is 10.1. The number of anilines is 1. The third-order valence-corrected chi connectivity index (χ3v) is 5.11. The fraction of sp³-hybridized carbons (Fsp3) is 0.167. The molecule has 0 radical (unpaired) electrons. The highest BCUT2D eigenvalue weighted by atomic mass is 32.2. The van der Waals surface area contributed by atoms with Gasteiger partial charge < -0.3 is 9.88 Å². The number of para-hydroxylation sites is 1. The first-order valence-corrected chi connectivity index (χ1v) is 9.98. The van der Waals surface area contributed by atoms with Crippen molar-refractivity contribution in [1.82, 2.24) is 9.55 Å². The normalized spacial score (nSPS) is 11.3. The first-order chi connectivity index (χ1) is 12.8. The Morgan fingerprint density at radius 2 is 1.93 bits per heavy atom. The van der Waals surface area contributed by atoms with Crippen LogP contribution in [0.5, 0.6) is 0 Å². The second-order valence-electron chi connectivity index (χ2n) is 6.09. The van der Waals surface area contributed by atoms with E-state index in [1.807, 2.05) is 35.0 Å². The lowest BCUT2D eigenvalue weighted by molar-refractivity contribution is -0.386. The Balaban J connectivity index is 1.82. The fourth-order valence-electron chi connectivity index (χ4n) is 2.78. The quantitative estimate of drug-likeness (QED) is 0.494. The average Bonchev–Trinajstić information content (AvgIpc) is 3.12. The number of sulfone groups is 1. The van der Waals surface area contributed by atoms with Crippen LogP contribution >= 0.6 is 0 Å². The Bertz CT molecular complexity index is 1060. The van der Waals surface area contributed by atoms with Gasteiger partial charge in [-0.15, -0.1) is 0 Å². The van der Waals surface area contributed by atoms with Crippen LogP contribution < -0.4 is 5.32 Å². The van der Waals surface area contributed by atoms with Gasteiger partial charge >= 0.3 is 5.69 Å². The van der Waals surface area contributed by atoms with Gasteiger partial charge in [-0.25, -0.2) is 13.4 Å². The molecule has 3 aromatic rings. The van der Waals surface area contributed by atoms with E-state index in [2.05, 4.69) is 10.3 Å². The SMILES string of the molecule is CS(=O)(=O)c1cccc(NCc2cccc(Cn3ccnc3)c2)c1[N+](=O)[O-]. The lowest BCUT2D eigenvalue weighted by Gasteiger charge is -2.11. The Kier molecular flexibility index (Phi) is 5.22. The highest BCUT2D eigenvalue weighted by Crippen LogP contribution is 2.32. The number of imidazole rings is 1. The summed E-state index contributed by atoms with van der Waals surface area (Å²) in [5.74, 6) is 0. The molecule has 1 aromatic heterocycles. The molecule has 0 unspecified atom stereocenters. The monoisotopic (exact) mass is 386 g/mol. The fourth-order valence-corrected chi connectivity index (χ4v) is 3.64. The largest absolute Gasteiger partial charge is 0.375 e. The van der Waals surface area contributed by atoms with E-state index in [1.165, 1.54) is 18.2 Å². The Labute approximate surface area is 156 Å². The van der Waals surface area contributed by atoms with Crippen LogP contribution in [0.3, 0.4) is 0 Å². The number of nitrogens with zero attached hydrogens (tertiary/aromatic N) is 3. The molecule has 1 N–H and O–H groups in total. The van der Waals surface area contributed by atoms with Gasteiger partial charge in [0.15, 0.2) is 9.84 Å². The molecule has 27 heavy (non-hydrogen) atoms. The molecule has 0 bridgehead atoms. The van der Waals surface area contributed by atoms with E-state index in [9.17, 15) is 18.5 Å². The van der Waals surface area contributed by atoms with Gasteiger partial charge in [-0.05, 0) is 23.3 Å². The van der Waals surface area contributed by atoms with Gasteiger partial charge in [-0.2, -0.15) is 0 Å². The molecule has 9 heteroatoms. The molecule has 0 atom stereocenters. The van der Waals surface area contributed by atoms with Gasteiger partial charge in [0, 0.05) is 31.7 Å². The maximum atomic E-state index is 11.8. The topological polar surface area (TPSA) is 107 Å². The summed E-state index contributed by atoms with van der Waals surface area (Å²) < 4.78 is 25.6. The molecule has 0 aliphatic rings. The van der Waals surface area contributed by atoms with Crippen LogP contribution in [-0.2, 0) is 22.9 Å². The van der Waals surface area contributed by atoms with Crippen molar-refractivity contribution in [2.24, 2.45) is 0 Å². The van der Waals surface area contributed by atoms with Crippen molar-refractivity contribution in [2.45, 2.75) is 18.0 Å². The van der Waals surface area contributed by atoms with Gasteiger partial charge in [-0.1, -0.05) is 30.3 Å². The van der Waals surface area contributed by atoms with Gasteiger partial charge in [0.05, 0.1) is 11.3 Å². The third-order valence-electron chi connectivity index (χ3n) is 3.98. The number of rotatable bonds is 7. The standard InChI is InChI=1S/C18H18N4O4S/c1-27(25,26)17-7-3-6-16(18(17)22(23)24)20-11-14-4-2-5-15(10-14)12-21-9-8-19-13-21/h2-10,13,20H,11-12H2,1H3. The predicted molar refractivity (Wildman–Crippen MR) is 101 cm³/mol. The number of benzene rings is 2. The van der Waals surface area contributed by atoms with Crippen molar-refractivity contribution in [3.05, 3.63) is 82.4 Å². The molecule has 0 aliphatic carbocycles. The zero-order valence-electron chi connectivity index (χ0n) is 14.6. The van der Waals surface area contributed by atoms with Crippen LogP contribution in [0.4, 0.5) is 11.4 Å². The smallest absolute Gasteiger partial charge is 0.310 e. The predicted octanol–water partition coefficient (Wildman–Crippen LogP) is 2.86. The summed E-state index contributed by atoms with van der Waals surface area (Å²) in [6.07, 6.45) is 6.26. The lowest BCUT2D eigenvalue weighted by Crippen LogP contribution is -2.08. The molecule has 0 fully saturated rings. The first kappa shape index (κ1) is 18.6. The van der Waals surface area contributed by atoms with Gasteiger partial charge in [-0.3, -0.25) is 10.1 Å². The second kappa shape index (κ2) is 7.58. The van der Waals surface area contributed by atoms with Crippen LogP contribution in [0.1, 0.15) is 11.1 Å². The molecule has 1 heterocycles. The average molecular weight is 386 g/mol. The van der Waals surface area contributed by atoms with Crippen LogP contribution in [-0.4, -0.2) is 29.1 Å². The molecule has 0 spiro atoms. The van der Waals surface area contributed by atoms with E-state index in [0.29, 0.717) is 13.1 Å².